The van der Waals surface area contributed by atoms with Crippen LogP contribution in [0.4, 0.5) is 0 Å². The van der Waals surface area contributed by atoms with Gasteiger partial charge in [0.1, 0.15) is 11.0 Å². The van der Waals surface area contributed by atoms with Crippen LogP contribution in [-0.4, -0.2) is 39.3 Å². The van der Waals surface area contributed by atoms with E-state index in [-0.39, 0.29) is 22.7 Å². The third-order valence-corrected chi connectivity index (χ3v) is 6.00. The Hall–Kier alpha value is -3.10. The lowest BCUT2D eigenvalue weighted by Gasteiger charge is -2.31. The largest absolute Gasteiger partial charge is 0.473 e. The summed E-state index contributed by atoms with van der Waals surface area (Å²) in [6, 6.07) is 1.27. The maximum Gasteiger partial charge on any atom is 0.337 e. The molecule has 2 aliphatic rings. The van der Waals surface area contributed by atoms with Gasteiger partial charge in [0.2, 0.25) is 5.71 Å². The highest BCUT2D eigenvalue weighted by Crippen LogP contribution is 2.40. The molecule has 3 heterocycles. The normalized spacial score (nSPS) is 17.3. The van der Waals surface area contributed by atoms with Crippen molar-refractivity contribution in [1.82, 2.24) is 14.9 Å². The second-order valence-electron chi connectivity index (χ2n) is 8.78. The summed E-state index contributed by atoms with van der Waals surface area (Å²) in [4.78, 5) is 38.8. The van der Waals surface area contributed by atoms with Gasteiger partial charge in [0.05, 0.1) is 5.71 Å². The maximum absolute atomic E-state index is 12.6. The SMILES string of the molecule is C=C(OC1(C)CC1)N1CCC(=NOc2nc3oc(=O)cc(CCCCC)c3c(=O)[nH]2)CC1. The zero-order valence-electron chi connectivity index (χ0n) is 18.7. The summed E-state index contributed by atoms with van der Waals surface area (Å²) >= 11 is 0. The predicted molar refractivity (Wildman–Crippen MR) is 121 cm³/mol. The highest BCUT2D eigenvalue weighted by molar-refractivity contribution is 5.85. The number of hydrogen-bond donors (Lipinski definition) is 1. The molecule has 2 aromatic rings. The van der Waals surface area contributed by atoms with Crippen LogP contribution in [-0.2, 0) is 11.2 Å². The number of unbranched alkanes of at least 4 members (excludes halogenated alkanes) is 2. The highest BCUT2D eigenvalue weighted by atomic mass is 16.6. The number of aryl methyl sites for hydroxylation is 1. The van der Waals surface area contributed by atoms with E-state index in [2.05, 4.69) is 40.4 Å². The Labute approximate surface area is 186 Å². The monoisotopic (exact) mass is 442 g/mol. The van der Waals surface area contributed by atoms with Crippen molar-refractivity contribution in [3.63, 3.8) is 0 Å². The first-order valence-corrected chi connectivity index (χ1v) is 11.3. The number of hydrogen-bond acceptors (Lipinski definition) is 8. The zero-order chi connectivity index (χ0) is 22.7. The van der Waals surface area contributed by atoms with Crippen molar-refractivity contribution in [1.29, 1.82) is 0 Å². The van der Waals surface area contributed by atoms with Crippen LogP contribution < -0.4 is 16.0 Å². The molecule has 0 bridgehead atoms. The number of aromatic amines is 1. The van der Waals surface area contributed by atoms with Gasteiger partial charge >= 0.3 is 11.6 Å². The van der Waals surface area contributed by atoms with Gasteiger partial charge in [-0.2, -0.15) is 4.98 Å². The summed E-state index contributed by atoms with van der Waals surface area (Å²) in [6.45, 7) is 9.70. The van der Waals surface area contributed by atoms with Gasteiger partial charge in [-0.1, -0.05) is 24.9 Å². The molecule has 32 heavy (non-hydrogen) atoms. The van der Waals surface area contributed by atoms with Gasteiger partial charge in [-0.15, -0.1) is 0 Å². The number of fused-ring (bicyclic) bond motifs is 1. The van der Waals surface area contributed by atoms with E-state index in [9.17, 15) is 9.59 Å². The molecule has 1 saturated carbocycles. The fourth-order valence-corrected chi connectivity index (χ4v) is 3.78. The average Bonchev–Trinajstić information content (AvgIpc) is 3.48. The lowest BCUT2D eigenvalue weighted by atomic mass is 10.1. The molecule has 1 saturated heterocycles. The lowest BCUT2D eigenvalue weighted by molar-refractivity contribution is 0.0450. The van der Waals surface area contributed by atoms with Gasteiger partial charge in [0.15, 0.2) is 5.88 Å². The summed E-state index contributed by atoms with van der Waals surface area (Å²) < 4.78 is 11.1. The Balaban J connectivity index is 1.42. The standard InChI is InChI=1S/C23H30N4O5/c1-4-5-6-7-16-14-18(28)30-21-19(16)20(29)24-22(25-21)32-26-17-8-12-27(13-9-17)15(2)31-23(3)10-11-23/h14H,2,4-13H2,1,3H3,(H,24,25,29). The second-order valence-corrected chi connectivity index (χ2v) is 8.78. The molecule has 0 spiro atoms. The Kier molecular flexibility index (Phi) is 6.34. The fourth-order valence-electron chi connectivity index (χ4n) is 3.78. The minimum atomic E-state index is -0.533. The van der Waals surface area contributed by atoms with Gasteiger partial charge in [-0.3, -0.25) is 9.78 Å². The van der Waals surface area contributed by atoms with E-state index < -0.39 is 11.2 Å². The number of nitrogens with one attached hydrogen (secondary N) is 1. The number of piperidine rings is 1. The van der Waals surface area contributed by atoms with Crippen molar-refractivity contribution in [2.45, 2.75) is 70.8 Å². The Morgan fingerprint density at radius 2 is 2.06 bits per heavy atom. The van der Waals surface area contributed by atoms with Crippen LogP contribution in [0.15, 0.2) is 37.7 Å². The van der Waals surface area contributed by atoms with Crippen LogP contribution >= 0.6 is 0 Å². The zero-order valence-corrected chi connectivity index (χ0v) is 18.7. The molecule has 172 valence electrons. The van der Waals surface area contributed by atoms with Crippen LogP contribution in [0.1, 0.15) is 64.4 Å². The third kappa shape index (κ3) is 5.20. The molecule has 0 amide bonds. The molecular weight excluding hydrogens is 412 g/mol. The fraction of sp³-hybridized carbons (Fsp3) is 0.565. The van der Waals surface area contributed by atoms with Gasteiger partial charge in [-0.05, 0) is 44.7 Å². The summed E-state index contributed by atoms with van der Waals surface area (Å²) in [7, 11) is 0. The predicted octanol–water partition coefficient (Wildman–Crippen LogP) is 3.48. The number of ether oxygens (including phenoxy) is 1. The topological polar surface area (TPSA) is 110 Å². The van der Waals surface area contributed by atoms with E-state index in [0.29, 0.717) is 30.7 Å². The number of nitrogens with zero attached hydrogens (tertiary/aromatic N) is 3. The van der Waals surface area contributed by atoms with Crippen molar-refractivity contribution in [3.8, 4) is 6.01 Å². The number of rotatable bonds is 9. The Morgan fingerprint density at radius 1 is 1.31 bits per heavy atom. The minimum absolute atomic E-state index is 0.0280. The molecule has 4 rings (SSSR count). The third-order valence-electron chi connectivity index (χ3n) is 6.00. The van der Waals surface area contributed by atoms with Gasteiger partial charge in [0, 0.05) is 32.0 Å². The molecule has 1 aliphatic heterocycles. The summed E-state index contributed by atoms with van der Waals surface area (Å²) in [5.41, 5.74) is 0.481. The van der Waals surface area contributed by atoms with E-state index >= 15 is 0 Å². The molecule has 0 aromatic carbocycles. The molecule has 2 aromatic heterocycles. The van der Waals surface area contributed by atoms with Crippen LogP contribution in [0.2, 0.25) is 0 Å². The van der Waals surface area contributed by atoms with Crippen LogP contribution in [0.5, 0.6) is 6.01 Å². The summed E-state index contributed by atoms with van der Waals surface area (Å²) in [5, 5.41) is 4.44. The molecule has 9 nitrogen and oxygen atoms in total. The number of H-pyrrole nitrogens is 1. The van der Waals surface area contributed by atoms with E-state index in [4.69, 9.17) is 14.0 Å². The van der Waals surface area contributed by atoms with E-state index in [1.165, 1.54) is 6.07 Å². The molecule has 0 unspecified atom stereocenters. The Morgan fingerprint density at radius 3 is 2.75 bits per heavy atom. The first-order chi connectivity index (χ1) is 15.4. The first-order valence-electron chi connectivity index (χ1n) is 11.3. The smallest absolute Gasteiger partial charge is 0.337 e. The minimum Gasteiger partial charge on any atom is -0.473 e. The maximum atomic E-state index is 12.6. The Bertz CT molecular complexity index is 1140. The molecule has 1 N–H and O–H groups in total. The lowest BCUT2D eigenvalue weighted by Crippen LogP contribution is -2.35. The molecule has 9 heteroatoms. The quantitative estimate of drug-likeness (QED) is 0.360. The van der Waals surface area contributed by atoms with Crippen LogP contribution in [0.25, 0.3) is 11.1 Å². The summed E-state index contributed by atoms with van der Waals surface area (Å²) in [6.07, 6.45) is 7.07. The molecule has 2 fully saturated rings. The molecule has 0 radical (unpaired) electrons. The van der Waals surface area contributed by atoms with Gasteiger partial charge in [0.25, 0.3) is 5.56 Å². The van der Waals surface area contributed by atoms with E-state index in [1.54, 1.807) is 0 Å². The number of oxime groups is 1. The number of likely N-dealkylation sites (tertiary alicyclic amines) is 1. The summed E-state index contributed by atoms with van der Waals surface area (Å²) in [5.74, 6) is 0.704. The van der Waals surface area contributed by atoms with Crippen LogP contribution in [0.3, 0.4) is 0 Å². The highest BCUT2D eigenvalue weighted by Gasteiger charge is 2.41. The number of aromatic nitrogens is 2. The van der Waals surface area contributed by atoms with Gasteiger partial charge < -0.3 is 18.9 Å². The molecule has 1 aliphatic carbocycles. The van der Waals surface area contributed by atoms with Crippen molar-refractivity contribution in [2.75, 3.05) is 13.1 Å². The average molecular weight is 443 g/mol. The van der Waals surface area contributed by atoms with Gasteiger partial charge in [-0.25, -0.2) is 4.79 Å². The molecule has 0 atom stereocenters. The first kappa shape index (κ1) is 22.1. The van der Waals surface area contributed by atoms with Crippen molar-refractivity contribution in [2.24, 2.45) is 5.16 Å². The van der Waals surface area contributed by atoms with E-state index in [0.717, 1.165) is 50.9 Å². The van der Waals surface area contributed by atoms with Crippen molar-refractivity contribution >= 4 is 16.8 Å². The van der Waals surface area contributed by atoms with Crippen molar-refractivity contribution < 1.29 is 14.0 Å². The van der Waals surface area contributed by atoms with Crippen LogP contribution in [0, 0.1) is 0 Å². The van der Waals surface area contributed by atoms with Crippen molar-refractivity contribution in [3.05, 3.63) is 44.9 Å². The second kappa shape index (κ2) is 9.18. The van der Waals surface area contributed by atoms with E-state index in [1.807, 2.05) is 0 Å². The molecular formula is C23H30N4O5.